The molecule has 2 rings (SSSR count). The number of carbonyl (C=O) groups is 2. The van der Waals surface area contributed by atoms with E-state index in [9.17, 15) is 14.7 Å². The molecule has 0 saturated carbocycles. The lowest BCUT2D eigenvalue weighted by Crippen LogP contribution is -2.41. The number of benzene rings is 1. The Kier molecular flexibility index (Phi) is 6.06. The molecule has 0 radical (unpaired) electrons. The maximum absolute atomic E-state index is 12.0. The predicted octanol–water partition coefficient (Wildman–Crippen LogP) is 2.66. The van der Waals surface area contributed by atoms with E-state index in [1.165, 1.54) is 5.56 Å². The Morgan fingerprint density at radius 3 is 2.62 bits per heavy atom. The second kappa shape index (κ2) is 8.04. The second-order valence-electron chi connectivity index (χ2n) is 6.64. The molecule has 1 heterocycles. The minimum Gasteiger partial charge on any atom is -0.494 e. The molecule has 1 aromatic rings. The first-order chi connectivity index (χ1) is 11.4. The van der Waals surface area contributed by atoms with E-state index in [2.05, 4.69) is 5.32 Å². The summed E-state index contributed by atoms with van der Waals surface area (Å²) < 4.78 is 5.63. The number of likely N-dealkylation sites (tertiary alicyclic amines) is 1. The van der Waals surface area contributed by atoms with Crippen molar-refractivity contribution in [3.63, 3.8) is 0 Å². The number of unbranched alkanes of at least 4 members (excludes halogenated alkanes) is 1. The number of hydrogen-bond donors (Lipinski definition) is 2. The molecule has 2 amide bonds. The van der Waals surface area contributed by atoms with Crippen LogP contribution in [-0.2, 0) is 4.79 Å². The van der Waals surface area contributed by atoms with E-state index < -0.39 is 11.4 Å². The van der Waals surface area contributed by atoms with Crippen LogP contribution in [0.15, 0.2) is 24.3 Å². The van der Waals surface area contributed by atoms with Crippen LogP contribution in [0.25, 0.3) is 0 Å². The fourth-order valence-corrected chi connectivity index (χ4v) is 2.67. The number of rotatable bonds is 7. The van der Waals surface area contributed by atoms with Gasteiger partial charge in [-0.3, -0.25) is 4.79 Å². The summed E-state index contributed by atoms with van der Waals surface area (Å²) in [7, 11) is 0. The molecule has 1 aromatic carbocycles. The summed E-state index contributed by atoms with van der Waals surface area (Å²) in [5, 5.41) is 12.0. The van der Waals surface area contributed by atoms with Gasteiger partial charge < -0.3 is 20.1 Å². The van der Waals surface area contributed by atoms with E-state index in [4.69, 9.17) is 4.74 Å². The average molecular weight is 334 g/mol. The van der Waals surface area contributed by atoms with Crippen LogP contribution >= 0.6 is 0 Å². The zero-order valence-electron chi connectivity index (χ0n) is 14.4. The van der Waals surface area contributed by atoms with Gasteiger partial charge in [0.2, 0.25) is 0 Å². The first-order valence-corrected chi connectivity index (χ1v) is 8.36. The number of aliphatic carboxylic acids is 1. The van der Waals surface area contributed by atoms with Crippen LogP contribution in [0.2, 0.25) is 0 Å². The Morgan fingerprint density at radius 1 is 1.29 bits per heavy atom. The molecular formula is C18H26N2O4. The summed E-state index contributed by atoms with van der Waals surface area (Å²) in [6, 6.07) is 7.74. The van der Waals surface area contributed by atoms with Crippen molar-refractivity contribution in [1.82, 2.24) is 10.2 Å². The maximum atomic E-state index is 12.0. The molecule has 1 saturated heterocycles. The first-order valence-electron chi connectivity index (χ1n) is 8.36. The fraction of sp³-hybridized carbons (Fsp3) is 0.556. The zero-order valence-corrected chi connectivity index (χ0v) is 14.4. The number of nitrogens with one attached hydrogen (secondary N) is 1. The molecule has 0 aliphatic carbocycles. The van der Waals surface area contributed by atoms with Crippen molar-refractivity contribution in [1.29, 1.82) is 0 Å². The van der Waals surface area contributed by atoms with Crippen molar-refractivity contribution in [2.24, 2.45) is 5.41 Å². The Bertz CT molecular complexity index is 573. The van der Waals surface area contributed by atoms with Gasteiger partial charge in [0, 0.05) is 19.6 Å². The number of hydrogen-bond acceptors (Lipinski definition) is 3. The molecule has 0 spiro atoms. The van der Waals surface area contributed by atoms with Gasteiger partial charge in [0.15, 0.2) is 0 Å². The lowest BCUT2D eigenvalue weighted by atomic mass is 9.90. The SMILES string of the molecule is Cc1ccc(OCCCCNC(=O)N2CCC(C)(C(=O)O)C2)cc1. The van der Waals surface area contributed by atoms with Crippen LogP contribution in [0, 0.1) is 12.3 Å². The molecule has 1 atom stereocenters. The quantitative estimate of drug-likeness (QED) is 0.752. The lowest BCUT2D eigenvalue weighted by Gasteiger charge is -2.20. The van der Waals surface area contributed by atoms with Crippen LogP contribution in [-0.4, -0.2) is 48.2 Å². The molecule has 132 valence electrons. The van der Waals surface area contributed by atoms with Crippen LogP contribution < -0.4 is 10.1 Å². The van der Waals surface area contributed by atoms with E-state index in [1.807, 2.05) is 31.2 Å². The van der Waals surface area contributed by atoms with Gasteiger partial charge in [-0.1, -0.05) is 17.7 Å². The van der Waals surface area contributed by atoms with Crippen LogP contribution in [0.3, 0.4) is 0 Å². The van der Waals surface area contributed by atoms with Gasteiger partial charge in [-0.05, 0) is 45.2 Å². The van der Waals surface area contributed by atoms with Crippen molar-refractivity contribution >= 4 is 12.0 Å². The van der Waals surface area contributed by atoms with Crippen molar-refractivity contribution < 1.29 is 19.4 Å². The van der Waals surface area contributed by atoms with Gasteiger partial charge in [0.1, 0.15) is 5.75 Å². The standard InChI is InChI=1S/C18H26N2O4/c1-14-5-7-15(8-6-14)24-12-4-3-10-19-17(23)20-11-9-18(2,13-20)16(21)22/h5-8H,3-4,9-13H2,1-2H3,(H,19,23)(H,21,22). The van der Waals surface area contributed by atoms with Gasteiger partial charge >= 0.3 is 12.0 Å². The summed E-state index contributed by atoms with van der Waals surface area (Å²) in [6.45, 7) is 5.66. The molecule has 1 aliphatic rings. The molecule has 0 aromatic heterocycles. The highest BCUT2D eigenvalue weighted by Gasteiger charge is 2.42. The number of urea groups is 1. The summed E-state index contributed by atoms with van der Waals surface area (Å²) in [5.74, 6) is 0.0145. The Morgan fingerprint density at radius 2 is 2.00 bits per heavy atom. The molecule has 6 nitrogen and oxygen atoms in total. The Labute approximate surface area is 142 Å². The molecule has 1 unspecified atom stereocenters. The summed E-state index contributed by atoms with van der Waals surface area (Å²) in [6.07, 6.45) is 2.17. The molecule has 0 bridgehead atoms. The van der Waals surface area contributed by atoms with Gasteiger partial charge in [0.05, 0.1) is 12.0 Å². The highest BCUT2D eigenvalue weighted by Crippen LogP contribution is 2.29. The predicted molar refractivity (Wildman–Crippen MR) is 91.2 cm³/mol. The van der Waals surface area contributed by atoms with Gasteiger partial charge in [-0.25, -0.2) is 4.79 Å². The van der Waals surface area contributed by atoms with Gasteiger partial charge in [-0.15, -0.1) is 0 Å². The van der Waals surface area contributed by atoms with E-state index in [-0.39, 0.29) is 12.6 Å². The lowest BCUT2D eigenvalue weighted by molar-refractivity contribution is -0.146. The van der Waals surface area contributed by atoms with Gasteiger partial charge in [-0.2, -0.15) is 0 Å². The number of carboxylic acid groups (broad SMARTS) is 1. The number of carboxylic acids is 1. The highest BCUT2D eigenvalue weighted by molar-refractivity contribution is 5.79. The van der Waals surface area contributed by atoms with E-state index >= 15 is 0 Å². The van der Waals surface area contributed by atoms with Gasteiger partial charge in [0.25, 0.3) is 0 Å². The third kappa shape index (κ3) is 4.88. The smallest absolute Gasteiger partial charge is 0.317 e. The third-order valence-electron chi connectivity index (χ3n) is 4.41. The average Bonchev–Trinajstić information content (AvgIpc) is 2.96. The van der Waals surface area contributed by atoms with Crippen molar-refractivity contribution in [3.8, 4) is 5.75 Å². The Hall–Kier alpha value is -2.24. The number of carbonyl (C=O) groups excluding carboxylic acids is 1. The summed E-state index contributed by atoms with van der Waals surface area (Å²) in [5.41, 5.74) is 0.380. The van der Waals surface area contributed by atoms with E-state index in [0.717, 1.165) is 18.6 Å². The number of nitrogens with zero attached hydrogens (tertiary/aromatic N) is 1. The monoisotopic (exact) mass is 334 g/mol. The van der Waals surface area contributed by atoms with E-state index in [1.54, 1.807) is 11.8 Å². The van der Waals surface area contributed by atoms with Crippen LogP contribution in [0.4, 0.5) is 4.79 Å². The minimum absolute atomic E-state index is 0.181. The molecular weight excluding hydrogens is 308 g/mol. The first kappa shape index (κ1) is 18.1. The van der Waals surface area contributed by atoms with Crippen molar-refractivity contribution in [2.45, 2.75) is 33.1 Å². The third-order valence-corrected chi connectivity index (χ3v) is 4.41. The molecule has 1 fully saturated rings. The maximum Gasteiger partial charge on any atom is 0.317 e. The van der Waals surface area contributed by atoms with Crippen LogP contribution in [0.1, 0.15) is 31.7 Å². The van der Waals surface area contributed by atoms with Crippen LogP contribution in [0.5, 0.6) is 5.75 Å². The van der Waals surface area contributed by atoms with E-state index in [0.29, 0.717) is 26.1 Å². The highest BCUT2D eigenvalue weighted by atomic mass is 16.5. The Balaban J connectivity index is 1.58. The summed E-state index contributed by atoms with van der Waals surface area (Å²) in [4.78, 5) is 24.8. The van der Waals surface area contributed by atoms with Crippen molar-refractivity contribution in [2.75, 3.05) is 26.2 Å². The summed E-state index contributed by atoms with van der Waals surface area (Å²) >= 11 is 0. The fourth-order valence-electron chi connectivity index (χ4n) is 2.67. The molecule has 1 aliphatic heterocycles. The number of aryl methyl sites for hydroxylation is 1. The topological polar surface area (TPSA) is 78.9 Å². The normalized spacial score (nSPS) is 20.0. The number of amides is 2. The largest absolute Gasteiger partial charge is 0.494 e. The number of ether oxygens (including phenoxy) is 1. The molecule has 24 heavy (non-hydrogen) atoms. The molecule has 6 heteroatoms. The van der Waals surface area contributed by atoms with Crippen molar-refractivity contribution in [3.05, 3.63) is 29.8 Å². The zero-order chi connectivity index (χ0) is 17.6. The second-order valence-corrected chi connectivity index (χ2v) is 6.64. The molecule has 2 N–H and O–H groups in total. The minimum atomic E-state index is -0.842.